The number of aryl methyl sites for hydroxylation is 2. The molecule has 0 fully saturated rings. The molecule has 1 aromatic carbocycles. The van der Waals surface area contributed by atoms with Gasteiger partial charge in [-0.25, -0.2) is 0 Å². The van der Waals surface area contributed by atoms with Crippen LogP contribution < -0.4 is 10.6 Å². The van der Waals surface area contributed by atoms with E-state index in [-0.39, 0.29) is 11.2 Å². The second kappa shape index (κ2) is 8.48. The Labute approximate surface area is 151 Å². The molecule has 0 saturated carbocycles. The number of benzene rings is 1. The molecule has 0 radical (unpaired) electrons. The molecule has 1 amide bonds. The number of hydrogen-bond donors (Lipinski definition) is 2. The van der Waals surface area contributed by atoms with Crippen molar-refractivity contribution in [1.82, 2.24) is 10.2 Å². The fraction of sp³-hybridized carbons (Fsp3) is 0.471. The van der Waals surface area contributed by atoms with Crippen LogP contribution in [0.2, 0.25) is 0 Å². The zero-order valence-corrected chi connectivity index (χ0v) is 16.3. The molecular weight excluding hydrogens is 340 g/mol. The topological polar surface area (TPSA) is 66.9 Å². The summed E-state index contributed by atoms with van der Waals surface area (Å²) >= 11 is 2.91. The van der Waals surface area contributed by atoms with Crippen LogP contribution in [-0.2, 0) is 4.79 Å². The minimum Gasteiger partial charge on any atom is -0.360 e. The smallest absolute Gasteiger partial charge is 0.237 e. The Kier molecular flexibility index (Phi) is 6.62. The Morgan fingerprint density at radius 2 is 2.00 bits per heavy atom. The standard InChI is InChI=1S/C17H24N4OS2/c1-10(2)9-18-16-20-21-17(24-16)23-13(5)15(22)19-14-8-11(3)6-7-12(14)4/h6-8,10,13H,9H2,1-5H3,(H,18,20)(H,19,22). The Hall–Kier alpha value is -1.60. The van der Waals surface area contributed by atoms with E-state index in [0.717, 1.165) is 32.8 Å². The summed E-state index contributed by atoms with van der Waals surface area (Å²) in [4.78, 5) is 12.4. The molecule has 130 valence electrons. The third-order valence-corrected chi connectivity index (χ3v) is 5.43. The molecule has 2 aromatic rings. The first-order valence-electron chi connectivity index (χ1n) is 7.97. The first-order valence-corrected chi connectivity index (χ1v) is 9.67. The van der Waals surface area contributed by atoms with E-state index in [1.165, 1.54) is 23.1 Å². The van der Waals surface area contributed by atoms with Gasteiger partial charge >= 0.3 is 0 Å². The van der Waals surface area contributed by atoms with Gasteiger partial charge in [0.1, 0.15) is 0 Å². The van der Waals surface area contributed by atoms with Gasteiger partial charge in [-0.05, 0) is 43.9 Å². The molecule has 1 aromatic heterocycles. The second-order valence-corrected chi connectivity index (χ2v) is 8.78. The average molecular weight is 365 g/mol. The van der Waals surface area contributed by atoms with Gasteiger partial charge in [-0.2, -0.15) is 0 Å². The van der Waals surface area contributed by atoms with Crippen molar-refractivity contribution in [3.63, 3.8) is 0 Å². The van der Waals surface area contributed by atoms with Gasteiger partial charge in [-0.15, -0.1) is 10.2 Å². The van der Waals surface area contributed by atoms with E-state index in [4.69, 9.17) is 0 Å². The third kappa shape index (κ3) is 5.49. The molecule has 0 aliphatic rings. The van der Waals surface area contributed by atoms with Crippen molar-refractivity contribution < 1.29 is 4.79 Å². The van der Waals surface area contributed by atoms with Crippen molar-refractivity contribution >= 4 is 39.8 Å². The zero-order chi connectivity index (χ0) is 17.7. The van der Waals surface area contributed by atoms with E-state index < -0.39 is 0 Å². The first kappa shape index (κ1) is 18.7. The lowest BCUT2D eigenvalue weighted by Crippen LogP contribution is -2.22. The molecular formula is C17H24N4OS2. The minimum absolute atomic E-state index is 0.0272. The van der Waals surface area contributed by atoms with Crippen molar-refractivity contribution in [1.29, 1.82) is 0 Å². The zero-order valence-electron chi connectivity index (χ0n) is 14.7. The van der Waals surface area contributed by atoms with Crippen LogP contribution in [0.25, 0.3) is 0 Å². The van der Waals surface area contributed by atoms with E-state index in [1.54, 1.807) is 0 Å². The number of rotatable bonds is 7. The normalized spacial score (nSPS) is 12.2. The van der Waals surface area contributed by atoms with Gasteiger partial charge in [0.2, 0.25) is 11.0 Å². The largest absolute Gasteiger partial charge is 0.360 e. The van der Waals surface area contributed by atoms with Gasteiger partial charge in [0.25, 0.3) is 0 Å². The Bertz CT molecular complexity index is 700. The van der Waals surface area contributed by atoms with E-state index in [9.17, 15) is 4.79 Å². The molecule has 0 aliphatic heterocycles. The van der Waals surface area contributed by atoms with Crippen molar-refractivity contribution in [3.05, 3.63) is 29.3 Å². The van der Waals surface area contributed by atoms with Gasteiger partial charge < -0.3 is 10.6 Å². The molecule has 0 bridgehead atoms. The second-order valence-electron chi connectivity index (χ2n) is 6.22. The Morgan fingerprint density at radius 1 is 1.25 bits per heavy atom. The molecule has 1 heterocycles. The molecule has 0 spiro atoms. The average Bonchev–Trinajstić information content (AvgIpc) is 2.96. The van der Waals surface area contributed by atoms with Crippen LogP contribution in [0.3, 0.4) is 0 Å². The number of anilines is 2. The first-order chi connectivity index (χ1) is 11.3. The van der Waals surface area contributed by atoms with Crippen LogP contribution in [0.1, 0.15) is 31.9 Å². The molecule has 24 heavy (non-hydrogen) atoms. The lowest BCUT2D eigenvalue weighted by Gasteiger charge is -2.12. The summed E-state index contributed by atoms with van der Waals surface area (Å²) in [5.74, 6) is 0.521. The molecule has 1 atom stereocenters. The lowest BCUT2D eigenvalue weighted by atomic mass is 10.1. The quantitative estimate of drug-likeness (QED) is 0.715. The summed E-state index contributed by atoms with van der Waals surface area (Å²) in [5.41, 5.74) is 3.05. The number of nitrogens with one attached hydrogen (secondary N) is 2. The van der Waals surface area contributed by atoms with Gasteiger partial charge in [-0.3, -0.25) is 4.79 Å². The molecule has 0 aliphatic carbocycles. The predicted octanol–water partition coefficient (Wildman–Crippen LogP) is 4.34. The highest BCUT2D eigenvalue weighted by atomic mass is 32.2. The highest BCUT2D eigenvalue weighted by Gasteiger charge is 2.18. The summed E-state index contributed by atoms with van der Waals surface area (Å²) in [5, 5.41) is 15.1. The Balaban J connectivity index is 1.93. The summed E-state index contributed by atoms with van der Waals surface area (Å²) in [6.07, 6.45) is 0. The maximum absolute atomic E-state index is 12.4. The van der Waals surface area contributed by atoms with Crippen molar-refractivity contribution in [2.75, 3.05) is 17.2 Å². The van der Waals surface area contributed by atoms with Gasteiger partial charge in [0, 0.05) is 12.2 Å². The lowest BCUT2D eigenvalue weighted by molar-refractivity contribution is -0.115. The highest BCUT2D eigenvalue weighted by Crippen LogP contribution is 2.29. The maximum atomic E-state index is 12.4. The number of amides is 1. The van der Waals surface area contributed by atoms with Crippen LogP contribution in [0.15, 0.2) is 22.5 Å². The van der Waals surface area contributed by atoms with Crippen LogP contribution >= 0.6 is 23.1 Å². The molecule has 1 unspecified atom stereocenters. The fourth-order valence-electron chi connectivity index (χ4n) is 1.93. The van der Waals surface area contributed by atoms with E-state index in [1.807, 2.05) is 39.0 Å². The van der Waals surface area contributed by atoms with Crippen LogP contribution in [0.5, 0.6) is 0 Å². The van der Waals surface area contributed by atoms with E-state index in [0.29, 0.717) is 5.92 Å². The van der Waals surface area contributed by atoms with E-state index >= 15 is 0 Å². The van der Waals surface area contributed by atoms with Gasteiger partial charge in [-0.1, -0.05) is 49.1 Å². The number of aromatic nitrogens is 2. The number of hydrogen-bond acceptors (Lipinski definition) is 6. The van der Waals surface area contributed by atoms with Gasteiger partial charge in [0.15, 0.2) is 4.34 Å². The fourth-order valence-corrected chi connectivity index (χ4v) is 3.83. The van der Waals surface area contributed by atoms with Crippen LogP contribution in [-0.4, -0.2) is 27.9 Å². The van der Waals surface area contributed by atoms with Crippen LogP contribution in [0, 0.1) is 19.8 Å². The van der Waals surface area contributed by atoms with Crippen molar-refractivity contribution in [3.8, 4) is 0 Å². The maximum Gasteiger partial charge on any atom is 0.237 e. The number of thioether (sulfide) groups is 1. The minimum atomic E-state index is -0.240. The SMILES string of the molecule is Cc1ccc(C)c(NC(=O)C(C)Sc2nnc(NCC(C)C)s2)c1. The molecule has 5 nitrogen and oxygen atoms in total. The number of carbonyl (C=O) groups is 1. The summed E-state index contributed by atoms with van der Waals surface area (Å²) < 4.78 is 0.796. The monoisotopic (exact) mass is 364 g/mol. The van der Waals surface area contributed by atoms with E-state index in [2.05, 4.69) is 34.7 Å². The molecule has 2 rings (SSSR count). The van der Waals surface area contributed by atoms with Crippen molar-refractivity contribution in [2.45, 2.75) is 44.2 Å². The van der Waals surface area contributed by atoms with Crippen molar-refractivity contribution in [2.24, 2.45) is 5.92 Å². The third-order valence-electron chi connectivity index (χ3n) is 3.37. The van der Waals surface area contributed by atoms with Gasteiger partial charge in [0.05, 0.1) is 5.25 Å². The predicted molar refractivity (Wildman–Crippen MR) is 103 cm³/mol. The number of nitrogens with zero attached hydrogens (tertiary/aromatic N) is 2. The molecule has 7 heteroatoms. The Morgan fingerprint density at radius 3 is 2.71 bits per heavy atom. The van der Waals surface area contributed by atoms with Crippen LogP contribution in [0.4, 0.5) is 10.8 Å². The number of carbonyl (C=O) groups excluding carboxylic acids is 1. The summed E-state index contributed by atoms with van der Waals surface area (Å²) in [7, 11) is 0. The summed E-state index contributed by atoms with van der Waals surface area (Å²) in [6, 6.07) is 6.04. The molecule has 0 saturated heterocycles. The highest BCUT2D eigenvalue weighted by molar-refractivity contribution is 8.02. The summed E-state index contributed by atoms with van der Waals surface area (Å²) in [6.45, 7) is 11.0. The molecule has 2 N–H and O–H groups in total.